The zero-order valence-corrected chi connectivity index (χ0v) is 12.2. The van der Waals surface area contributed by atoms with Crippen molar-refractivity contribution in [3.63, 3.8) is 0 Å². The molecule has 0 atom stereocenters. The smallest absolute Gasteiger partial charge is 0.136 e. The highest BCUT2D eigenvalue weighted by Gasteiger charge is 2.21. The lowest BCUT2D eigenvalue weighted by atomic mass is 10.0. The molecule has 4 rings (SSSR count). The first-order chi connectivity index (χ1) is 10.4. The van der Waals surface area contributed by atoms with Crippen LogP contribution in [0.3, 0.4) is 0 Å². The van der Waals surface area contributed by atoms with Crippen molar-refractivity contribution < 1.29 is 0 Å². The molecule has 0 bridgehead atoms. The molecule has 0 unspecified atom stereocenters. The second kappa shape index (κ2) is 5.45. The van der Waals surface area contributed by atoms with Crippen molar-refractivity contribution in [3.05, 3.63) is 53.0 Å². The van der Waals surface area contributed by atoms with Gasteiger partial charge in [0, 0.05) is 38.2 Å². The van der Waals surface area contributed by atoms with Crippen molar-refractivity contribution in [1.29, 1.82) is 0 Å². The number of nitrogens with one attached hydrogen (secondary N) is 1. The SMILES string of the molecule is c1ccc2c(c1)CCN(c1ncnc3c1CNCC3)CC2. The maximum absolute atomic E-state index is 4.59. The molecule has 0 fully saturated rings. The van der Waals surface area contributed by atoms with Crippen molar-refractivity contribution in [2.45, 2.75) is 25.8 Å². The predicted octanol–water partition coefficient (Wildman–Crippen LogP) is 1.73. The molecule has 0 saturated heterocycles. The van der Waals surface area contributed by atoms with Gasteiger partial charge in [0.1, 0.15) is 12.1 Å². The third kappa shape index (κ3) is 2.40. The van der Waals surface area contributed by atoms with Crippen molar-refractivity contribution in [3.8, 4) is 0 Å². The summed E-state index contributed by atoms with van der Waals surface area (Å²) in [5, 5.41) is 3.45. The lowest BCUT2D eigenvalue weighted by molar-refractivity contribution is 0.620. The van der Waals surface area contributed by atoms with Crippen molar-refractivity contribution in [2.24, 2.45) is 0 Å². The van der Waals surface area contributed by atoms with Crippen molar-refractivity contribution >= 4 is 5.82 Å². The molecular weight excluding hydrogens is 260 g/mol. The van der Waals surface area contributed by atoms with Crippen LogP contribution in [0.2, 0.25) is 0 Å². The standard InChI is InChI=1S/C17H20N4/c1-2-4-14-7-10-21(9-6-13(14)3-1)17-15-11-18-8-5-16(15)19-12-20-17/h1-4,12,18H,5-11H2. The van der Waals surface area contributed by atoms with Crippen LogP contribution in [0.1, 0.15) is 22.4 Å². The van der Waals surface area contributed by atoms with E-state index in [0.29, 0.717) is 0 Å². The summed E-state index contributed by atoms with van der Waals surface area (Å²) in [6.45, 7) is 4.00. The number of nitrogens with zero attached hydrogens (tertiary/aromatic N) is 3. The minimum absolute atomic E-state index is 0.898. The number of anilines is 1. The number of hydrogen-bond acceptors (Lipinski definition) is 4. The molecule has 0 radical (unpaired) electrons. The summed E-state index contributed by atoms with van der Waals surface area (Å²) in [5.41, 5.74) is 5.50. The van der Waals surface area contributed by atoms with Crippen LogP contribution in [-0.4, -0.2) is 29.6 Å². The topological polar surface area (TPSA) is 41.1 Å². The normalized spacial score (nSPS) is 17.8. The first-order valence-corrected chi connectivity index (χ1v) is 7.77. The Labute approximate surface area is 125 Å². The first-order valence-electron chi connectivity index (χ1n) is 7.77. The quantitative estimate of drug-likeness (QED) is 0.864. The Kier molecular flexibility index (Phi) is 3.31. The van der Waals surface area contributed by atoms with Crippen LogP contribution in [0.5, 0.6) is 0 Å². The van der Waals surface area contributed by atoms with E-state index in [2.05, 4.69) is 44.5 Å². The van der Waals surface area contributed by atoms with E-state index in [4.69, 9.17) is 0 Å². The van der Waals surface area contributed by atoms with Crippen molar-refractivity contribution in [2.75, 3.05) is 24.5 Å². The highest BCUT2D eigenvalue weighted by Crippen LogP contribution is 2.25. The fraction of sp³-hybridized carbons (Fsp3) is 0.412. The van der Waals surface area contributed by atoms with Gasteiger partial charge in [0.05, 0.1) is 5.69 Å². The summed E-state index contributed by atoms with van der Waals surface area (Å²) >= 11 is 0. The Balaban J connectivity index is 1.64. The van der Waals surface area contributed by atoms with E-state index < -0.39 is 0 Å². The molecule has 21 heavy (non-hydrogen) atoms. The summed E-state index contributed by atoms with van der Waals surface area (Å²) in [6, 6.07) is 8.81. The molecule has 2 aromatic rings. The van der Waals surface area contributed by atoms with Crippen molar-refractivity contribution in [1.82, 2.24) is 15.3 Å². The zero-order chi connectivity index (χ0) is 14.1. The van der Waals surface area contributed by atoms with E-state index in [9.17, 15) is 0 Å². The lowest BCUT2D eigenvalue weighted by Crippen LogP contribution is -2.32. The highest BCUT2D eigenvalue weighted by atomic mass is 15.2. The van der Waals surface area contributed by atoms with E-state index in [1.807, 2.05) is 0 Å². The minimum atomic E-state index is 0.898. The molecule has 1 N–H and O–H groups in total. The summed E-state index contributed by atoms with van der Waals surface area (Å²) in [4.78, 5) is 11.5. The maximum atomic E-state index is 4.59. The second-order valence-electron chi connectivity index (χ2n) is 5.81. The first kappa shape index (κ1) is 12.8. The number of hydrogen-bond donors (Lipinski definition) is 1. The third-order valence-corrected chi connectivity index (χ3v) is 4.57. The van der Waals surface area contributed by atoms with Gasteiger partial charge >= 0.3 is 0 Å². The van der Waals surface area contributed by atoms with Crippen LogP contribution in [0.4, 0.5) is 5.82 Å². The van der Waals surface area contributed by atoms with E-state index in [1.165, 1.54) is 22.4 Å². The largest absolute Gasteiger partial charge is 0.356 e. The van der Waals surface area contributed by atoms with Gasteiger partial charge in [0.15, 0.2) is 0 Å². The van der Waals surface area contributed by atoms with Gasteiger partial charge in [-0.1, -0.05) is 24.3 Å². The number of rotatable bonds is 1. The molecule has 1 aromatic heterocycles. The van der Waals surface area contributed by atoms with Crippen LogP contribution in [0.25, 0.3) is 0 Å². The van der Waals surface area contributed by atoms with Gasteiger partial charge in [-0.25, -0.2) is 9.97 Å². The zero-order valence-electron chi connectivity index (χ0n) is 12.2. The van der Waals surface area contributed by atoms with Gasteiger partial charge in [0.2, 0.25) is 0 Å². The maximum Gasteiger partial charge on any atom is 0.136 e. The van der Waals surface area contributed by atoms with Gasteiger partial charge in [0.25, 0.3) is 0 Å². The molecular formula is C17H20N4. The van der Waals surface area contributed by atoms with E-state index in [1.54, 1.807) is 6.33 Å². The van der Waals surface area contributed by atoms with Gasteiger partial charge in [-0.2, -0.15) is 0 Å². The molecule has 0 spiro atoms. The molecule has 4 nitrogen and oxygen atoms in total. The van der Waals surface area contributed by atoms with Crippen LogP contribution >= 0.6 is 0 Å². The molecule has 2 aliphatic heterocycles. The molecule has 0 saturated carbocycles. The van der Waals surface area contributed by atoms with Gasteiger partial charge in [-0.05, 0) is 24.0 Å². The van der Waals surface area contributed by atoms with Crippen LogP contribution in [0, 0.1) is 0 Å². The number of benzene rings is 1. The van der Waals surface area contributed by atoms with E-state index in [0.717, 1.165) is 51.3 Å². The lowest BCUT2D eigenvalue weighted by Gasteiger charge is -2.27. The summed E-state index contributed by atoms with van der Waals surface area (Å²) in [5.74, 6) is 1.14. The summed E-state index contributed by atoms with van der Waals surface area (Å²) in [6.07, 6.45) is 4.95. The molecule has 2 aliphatic rings. The molecule has 108 valence electrons. The predicted molar refractivity (Wildman–Crippen MR) is 83.5 cm³/mol. The molecule has 0 amide bonds. The van der Waals surface area contributed by atoms with E-state index >= 15 is 0 Å². The summed E-state index contributed by atoms with van der Waals surface area (Å²) < 4.78 is 0. The summed E-state index contributed by atoms with van der Waals surface area (Å²) in [7, 11) is 0. The van der Waals surface area contributed by atoms with E-state index in [-0.39, 0.29) is 0 Å². The number of fused-ring (bicyclic) bond motifs is 2. The average Bonchev–Trinajstić information content (AvgIpc) is 2.77. The third-order valence-electron chi connectivity index (χ3n) is 4.57. The molecule has 1 aromatic carbocycles. The Bertz CT molecular complexity index is 626. The van der Waals surface area contributed by atoms with Gasteiger partial charge in [-0.3, -0.25) is 0 Å². The minimum Gasteiger partial charge on any atom is -0.356 e. The molecule has 0 aliphatic carbocycles. The molecule has 3 heterocycles. The Morgan fingerprint density at radius 2 is 1.71 bits per heavy atom. The second-order valence-corrected chi connectivity index (χ2v) is 5.81. The monoisotopic (exact) mass is 280 g/mol. The fourth-order valence-electron chi connectivity index (χ4n) is 3.41. The molecule has 4 heteroatoms. The van der Waals surface area contributed by atoms with Crippen LogP contribution in [0.15, 0.2) is 30.6 Å². The van der Waals surface area contributed by atoms with Gasteiger partial charge < -0.3 is 10.2 Å². The Morgan fingerprint density at radius 3 is 2.48 bits per heavy atom. The fourth-order valence-corrected chi connectivity index (χ4v) is 3.41. The average molecular weight is 280 g/mol. The Morgan fingerprint density at radius 1 is 0.952 bits per heavy atom. The van der Waals surface area contributed by atoms with Crippen LogP contribution in [-0.2, 0) is 25.8 Å². The van der Waals surface area contributed by atoms with Gasteiger partial charge in [-0.15, -0.1) is 0 Å². The van der Waals surface area contributed by atoms with Crippen LogP contribution < -0.4 is 10.2 Å². The Hall–Kier alpha value is -1.94. The highest BCUT2D eigenvalue weighted by molar-refractivity contribution is 5.50. The number of aromatic nitrogens is 2.